The summed E-state index contributed by atoms with van der Waals surface area (Å²) >= 11 is 5.59. The van der Waals surface area contributed by atoms with Crippen LogP contribution in [0, 0.1) is 0 Å². The van der Waals surface area contributed by atoms with Crippen LogP contribution in [0.5, 0.6) is 0 Å². The zero-order chi connectivity index (χ0) is 13.3. The number of nitrogens with one attached hydrogen (secondary N) is 1. The fraction of sp³-hybridized carbons (Fsp3) is 1.00. The molecular weight excluding hydrogens is 254 g/mol. The molecule has 0 saturated heterocycles. The lowest BCUT2D eigenvalue weighted by Crippen LogP contribution is -2.16. The summed E-state index contributed by atoms with van der Waals surface area (Å²) in [7, 11) is 1.91. The van der Waals surface area contributed by atoms with Crippen LogP contribution >= 0.6 is 11.6 Å². The number of halogens is 1. The standard InChI is InChI=1S/C13H28ClNO3/c1-15-7-9-17-11-13-18-12-10-16-8-5-3-2-4-6-14/h15H,2-13H2,1H3. The third-order valence-corrected chi connectivity index (χ3v) is 2.68. The van der Waals surface area contributed by atoms with Gasteiger partial charge in [0, 0.05) is 19.0 Å². The Bertz CT molecular complexity index is 134. The van der Waals surface area contributed by atoms with Crippen LogP contribution in [0.4, 0.5) is 0 Å². The zero-order valence-corrected chi connectivity index (χ0v) is 12.3. The molecule has 0 aromatic heterocycles. The summed E-state index contributed by atoms with van der Waals surface area (Å²) in [5.74, 6) is 0.769. The van der Waals surface area contributed by atoms with Gasteiger partial charge in [0.15, 0.2) is 0 Å². The van der Waals surface area contributed by atoms with Gasteiger partial charge >= 0.3 is 0 Å². The highest BCUT2D eigenvalue weighted by atomic mass is 35.5. The van der Waals surface area contributed by atoms with Crippen molar-refractivity contribution in [3.8, 4) is 0 Å². The molecule has 0 aromatic rings. The summed E-state index contributed by atoms with van der Waals surface area (Å²) < 4.78 is 16.1. The molecule has 0 rings (SSSR count). The first kappa shape index (κ1) is 18.1. The van der Waals surface area contributed by atoms with Gasteiger partial charge in [-0.3, -0.25) is 0 Å². The van der Waals surface area contributed by atoms with Crippen LogP contribution in [0.1, 0.15) is 25.7 Å². The Morgan fingerprint density at radius 1 is 0.722 bits per heavy atom. The van der Waals surface area contributed by atoms with Crippen LogP contribution in [0.3, 0.4) is 0 Å². The van der Waals surface area contributed by atoms with Gasteiger partial charge in [0.1, 0.15) is 0 Å². The van der Waals surface area contributed by atoms with E-state index in [1.165, 1.54) is 12.8 Å². The molecule has 0 radical (unpaired) electrons. The summed E-state index contributed by atoms with van der Waals surface area (Å²) in [6.07, 6.45) is 4.63. The number of likely N-dealkylation sites (N-methyl/N-ethyl adjacent to an activating group) is 1. The number of hydrogen-bond donors (Lipinski definition) is 1. The van der Waals surface area contributed by atoms with Crippen LogP contribution in [0.2, 0.25) is 0 Å². The molecule has 0 fully saturated rings. The second kappa shape index (κ2) is 17.1. The number of rotatable bonds is 15. The molecule has 0 saturated carbocycles. The van der Waals surface area contributed by atoms with E-state index in [4.69, 9.17) is 25.8 Å². The highest BCUT2D eigenvalue weighted by Gasteiger charge is 1.92. The first-order chi connectivity index (χ1) is 8.91. The monoisotopic (exact) mass is 281 g/mol. The Morgan fingerprint density at radius 3 is 1.89 bits per heavy atom. The smallest absolute Gasteiger partial charge is 0.0701 e. The summed E-state index contributed by atoms with van der Waals surface area (Å²) in [6, 6.07) is 0. The van der Waals surface area contributed by atoms with Crippen LogP contribution in [0.25, 0.3) is 0 Å². The minimum atomic E-state index is 0.642. The molecule has 0 heterocycles. The van der Waals surface area contributed by atoms with Crippen molar-refractivity contribution in [2.75, 3.05) is 59.1 Å². The molecule has 0 amide bonds. The third kappa shape index (κ3) is 16.1. The molecule has 0 aliphatic heterocycles. The molecule has 0 aromatic carbocycles. The van der Waals surface area contributed by atoms with Crippen molar-refractivity contribution in [1.82, 2.24) is 5.32 Å². The molecule has 0 aliphatic carbocycles. The average molecular weight is 282 g/mol. The van der Waals surface area contributed by atoms with Gasteiger partial charge in [-0.15, -0.1) is 11.6 Å². The minimum absolute atomic E-state index is 0.642. The average Bonchev–Trinajstić information content (AvgIpc) is 2.39. The molecule has 110 valence electrons. The van der Waals surface area contributed by atoms with Crippen molar-refractivity contribution in [2.24, 2.45) is 0 Å². The maximum Gasteiger partial charge on any atom is 0.0701 e. The number of unbranched alkanes of at least 4 members (excludes halogenated alkanes) is 3. The van der Waals surface area contributed by atoms with Gasteiger partial charge in [0.2, 0.25) is 0 Å². The lowest BCUT2D eigenvalue weighted by atomic mass is 10.2. The van der Waals surface area contributed by atoms with E-state index < -0.39 is 0 Å². The highest BCUT2D eigenvalue weighted by molar-refractivity contribution is 6.17. The highest BCUT2D eigenvalue weighted by Crippen LogP contribution is 2.00. The van der Waals surface area contributed by atoms with E-state index in [2.05, 4.69) is 5.32 Å². The van der Waals surface area contributed by atoms with E-state index >= 15 is 0 Å². The minimum Gasteiger partial charge on any atom is -0.379 e. The van der Waals surface area contributed by atoms with Gasteiger partial charge in [0.25, 0.3) is 0 Å². The van der Waals surface area contributed by atoms with Crippen molar-refractivity contribution < 1.29 is 14.2 Å². The van der Waals surface area contributed by atoms with Gasteiger partial charge in [-0.05, 0) is 19.9 Å². The maximum absolute atomic E-state index is 5.59. The van der Waals surface area contributed by atoms with E-state index in [-0.39, 0.29) is 0 Å². The molecule has 0 aliphatic rings. The first-order valence-electron chi connectivity index (χ1n) is 6.85. The predicted octanol–water partition coefficient (Wildman–Crippen LogP) is 2.05. The predicted molar refractivity (Wildman–Crippen MR) is 75.6 cm³/mol. The Balaban J connectivity index is 2.86. The molecule has 0 unspecified atom stereocenters. The number of ether oxygens (including phenoxy) is 3. The maximum atomic E-state index is 5.59. The van der Waals surface area contributed by atoms with Gasteiger partial charge in [0.05, 0.1) is 33.0 Å². The largest absolute Gasteiger partial charge is 0.379 e. The van der Waals surface area contributed by atoms with Crippen LogP contribution < -0.4 is 5.32 Å². The van der Waals surface area contributed by atoms with Crippen LogP contribution in [-0.4, -0.2) is 59.1 Å². The lowest BCUT2D eigenvalue weighted by molar-refractivity contribution is 0.0146. The van der Waals surface area contributed by atoms with Crippen molar-refractivity contribution >= 4 is 11.6 Å². The zero-order valence-electron chi connectivity index (χ0n) is 11.6. The Morgan fingerprint density at radius 2 is 1.28 bits per heavy atom. The Labute approximate surface area is 116 Å². The number of hydrogen-bond acceptors (Lipinski definition) is 4. The van der Waals surface area contributed by atoms with Crippen molar-refractivity contribution in [2.45, 2.75) is 25.7 Å². The molecule has 5 heteroatoms. The molecule has 0 spiro atoms. The fourth-order valence-electron chi connectivity index (χ4n) is 1.37. The van der Waals surface area contributed by atoms with E-state index in [1.807, 2.05) is 7.05 Å². The molecule has 0 atom stereocenters. The van der Waals surface area contributed by atoms with Gasteiger partial charge in [-0.2, -0.15) is 0 Å². The molecule has 0 bridgehead atoms. The van der Waals surface area contributed by atoms with E-state index in [1.54, 1.807) is 0 Å². The Kier molecular flexibility index (Phi) is 17.3. The quantitative estimate of drug-likeness (QED) is 0.368. The van der Waals surface area contributed by atoms with E-state index in [9.17, 15) is 0 Å². The lowest BCUT2D eigenvalue weighted by Gasteiger charge is -2.06. The summed E-state index contributed by atoms with van der Waals surface area (Å²) in [4.78, 5) is 0. The van der Waals surface area contributed by atoms with Crippen molar-refractivity contribution in [3.63, 3.8) is 0 Å². The molecule has 18 heavy (non-hydrogen) atoms. The molecule has 4 nitrogen and oxygen atoms in total. The van der Waals surface area contributed by atoms with Crippen LogP contribution in [-0.2, 0) is 14.2 Å². The summed E-state index contributed by atoms with van der Waals surface area (Å²) in [6.45, 7) is 5.06. The number of alkyl halides is 1. The van der Waals surface area contributed by atoms with E-state index in [0.29, 0.717) is 26.4 Å². The summed E-state index contributed by atoms with van der Waals surface area (Å²) in [5, 5.41) is 3.02. The Hall–Kier alpha value is 0.130. The van der Waals surface area contributed by atoms with Crippen molar-refractivity contribution in [3.05, 3.63) is 0 Å². The topological polar surface area (TPSA) is 39.7 Å². The second-order valence-corrected chi connectivity index (χ2v) is 4.42. The molecular formula is C13H28ClNO3. The SMILES string of the molecule is CNCCOCCOCCOCCCCCCCl. The molecule has 1 N–H and O–H groups in total. The first-order valence-corrected chi connectivity index (χ1v) is 7.39. The van der Waals surface area contributed by atoms with Gasteiger partial charge in [-0.25, -0.2) is 0 Å². The summed E-state index contributed by atoms with van der Waals surface area (Å²) in [5.41, 5.74) is 0. The fourth-order valence-corrected chi connectivity index (χ4v) is 1.56. The normalized spacial score (nSPS) is 11.0. The van der Waals surface area contributed by atoms with E-state index in [0.717, 1.165) is 38.5 Å². The third-order valence-electron chi connectivity index (χ3n) is 2.41. The van der Waals surface area contributed by atoms with Gasteiger partial charge in [-0.1, -0.05) is 12.8 Å². The van der Waals surface area contributed by atoms with Gasteiger partial charge < -0.3 is 19.5 Å². The second-order valence-electron chi connectivity index (χ2n) is 4.04. The van der Waals surface area contributed by atoms with Crippen molar-refractivity contribution in [1.29, 1.82) is 0 Å². The van der Waals surface area contributed by atoms with Crippen LogP contribution in [0.15, 0.2) is 0 Å².